The number of hydrogen-bond donors (Lipinski definition) is 1. The Balaban J connectivity index is 0.00000156. The van der Waals surface area contributed by atoms with Crippen molar-refractivity contribution in [3.8, 4) is 5.75 Å². The summed E-state index contributed by atoms with van der Waals surface area (Å²) >= 11 is 0. The summed E-state index contributed by atoms with van der Waals surface area (Å²) in [6.07, 6.45) is -4.28. The third-order valence-electron chi connectivity index (χ3n) is 3.94. The Kier molecular flexibility index (Phi) is 7.56. The van der Waals surface area contributed by atoms with Crippen molar-refractivity contribution in [2.75, 3.05) is 0 Å². The molecular formula is C17H19Cl2F3N2O. The van der Waals surface area contributed by atoms with E-state index in [1.807, 2.05) is 12.1 Å². The number of nitrogens with zero attached hydrogens (tertiary/aromatic N) is 1. The topological polar surface area (TPSA) is 38.5 Å². The zero-order valence-electron chi connectivity index (χ0n) is 13.2. The van der Waals surface area contributed by atoms with E-state index in [0.717, 1.165) is 18.7 Å². The highest BCUT2D eigenvalue weighted by molar-refractivity contribution is 5.85. The Morgan fingerprint density at radius 3 is 1.96 bits per heavy atom. The van der Waals surface area contributed by atoms with Gasteiger partial charge in [0.2, 0.25) is 0 Å². The normalized spacial score (nSPS) is 14.9. The summed E-state index contributed by atoms with van der Waals surface area (Å²) < 4.78 is 40.3. The predicted molar refractivity (Wildman–Crippen MR) is 95.0 cm³/mol. The zero-order chi connectivity index (χ0) is 16.4. The minimum absolute atomic E-state index is 0. The van der Waals surface area contributed by atoms with Crippen LogP contribution in [0.25, 0.3) is 0 Å². The van der Waals surface area contributed by atoms with Crippen molar-refractivity contribution in [3.63, 3.8) is 0 Å². The van der Waals surface area contributed by atoms with Gasteiger partial charge >= 0.3 is 6.36 Å². The van der Waals surface area contributed by atoms with E-state index in [0.29, 0.717) is 6.42 Å². The molecule has 0 aromatic heterocycles. The van der Waals surface area contributed by atoms with Crippen molar-refractivity contribution < 1.29 is 17.9 Å². The van der Waals surface area contributed by atoms with E-state index in [1.54, 1.807) is 12.1 Å². The molecule has 2 N–H and O–H groups in total. The lowest BCUT2D eigenvalue weighted by molar-refractivity contribution is -0.274. The molecule has 2 aromatic rings. The maximum atomic E-state index is 12.1. The Labute approximate surface area is 156 Å². The molecule has 3 nitrogen and oxygen atoms in total. The van der Waals surface area contributed by atoms with Crippen molar-refractivity contribution in [2.45, 2.75) is 32.0 Å². The van der Waals surface area contributed by atoms with Crippen LogP contribution in [0.5, 0.6) is 5.75 Å². The molecule has 1 atom stereocenters. The molecule has 0 saturated carbocycles. The molecule has 2 aromatic carbocycles. The van der Waals surface area contributed by atoms with Gasteiger partial charge in [-0.3, -0.25) is 4.90 Å². The maximum Gasteiger partial charge on any atom is 0.573 e. The smallest absolute Gasteiger partial charge is 0.406 e. The fourth-order valence-corrected chi connectivity index (χ4v) is 2.79. The van der Waals surface area contributed by atoms with Crippen LogP contribution in [0, 0.1) is 0 Å². The second-order valence-corrected chi connectivity index (χ2v) is 5.64. The van der Waals surface area contributed by atoms with Crippen LogP contribution in [-0.2, 0) is 19.5 Å². The number of alkyl halides is 3. The van der Waals surface area contributed by atoms with Gasteiger partial charge in [-0.2, -0.15) is 0 Å². The quantitative estimate of drug-likeness (QED) is 0.841. The van der Waals surface area contributed by atoms with Crippen LogP contribution in [0.1, 0.15) is 16.7 Å². The molecule has 25 heavy (non-hydrogen) atoms. The van der Waals surface area contributed by atoms with Crippen LogP contribution < -0.4 is 10.5 Å². The predicted octanol–water partition coefficient (Wildman–Crippen LogP) is 4.27. The highest BCUT2D eigenvalue weighted by atomic mass is 35.5. The van der Waals surface area contributed by atoms with Crippen LogP contribution in [-0.4, -0.2) is 17.4 Å². The number of benzene rings is 2. The van der Waals surface area contributed by atoms with Gasteiger partial charge in [-0.25, -0.2) is 0 Å². The largest absolute Gasteiger partial charge is 0.573 e. The summed E-state index contributed by atoms with van der Waals surface area (Å²) in [5.74, 6) is -0.219. The summed E-state index contributed by atoms with van der Waals surface area (Å²) in [5.41, 5.74) is 9.67. The molecule has 1 unspecified atom stereocenters. The number of nitrogens with two attached hydrogens (primary N) is 1. The van der Waals surface area contributed by atoms with Gasteiger partial charge in [0.25, 0.3) is 0 Å². The highest BCUT2D eigenvalue weighted by Gasteiger charge is 2.31. The molecule has 0 amide bonds. The zero-order valence-corrected chi connectivity index (χ0v) is 14.8. The van der Waals surface area contributed by atoms with Gasteiger partial charge in [-0.1, -0.05) is 36.4 Å². The third-order valence-corrected chi connectivity index (χ3v) is 3.94. The first-order chi connectivity index (χ1) is 10.9. The second-order valence-electron chi connectivity index (χ2n) is 5.64. The molecule has 3 rings (SSSR count). The first-order valence-corrected chi connectivity index (χ1v) is 7.32. The number of hydrogen-bond acceptors (Lipinski definition) is 3. The van der Waals surface area contributed by atoms with Gasteiger partial charge in [-0.05, 0) is 28.8 Å². The van der Waals surface area contributed by atoms with E-state index in [2.05, 4.69) is 21.8 Å². The molecule has 138 valence electrons. The van der Waals surface area contributed by atoms with Crippen LogP contribution >= 0.6 is 24.8 Å². The Hall–Kier alpha value is -1.47. The number of rotatable bonds is 4. The SMILES string of the molecule is Cl.Cl.NC(Cc1ccc(OC(F)(F)F)cc1)N1Cc2ccccc2C1. The van der Waals surface area contributed by atoms with Crippen molar-refractivity contribution in [1.29, 1.82) is 0 Å². The summed E-state index contributed by atoms with van der Waals surface area (Å²) in [5, 5.41) is 0. The Morgan fingerprint density at radius 2 is 1.48 bits per heavy atom. The van der Waals surface area contributed by atoms with E-state index in [-0.39, 0.29) is 36.7 Å². The van der Waals surface area contributed by atoms with E-state index in [1.165, 1.54) is 23.3 Å². The van der Waals surface area contributed by atoms with Gasteiger partial charge in [0.05, 0.1) is 6.17 Å². The molecule has 0 aliphatic carbocycles. The number of ether oxygens (including phenoxy) is 1. The molecule has 0 saturated heterocycles. The average molecular weight is 395 g/mol. The molecule has 1 aliphatic rings. The van der Waals surface area contributed by atoms with E-state index >= 15 is 0 Å². The molecule has 0 spiro atoms. The summed E-state index contributed by atoms with van der Waals surface area (Å²) in [6.45, 7) is 1.60. The number of fused-ring (bicyclic) bond motifs is 1. The fraction of sp³-hybridized carbons (Fsp3) is 0.294. The standard InChI is InChI=1S/C17H17F3N2O.2ClH/c18-17(19,20)23-15-7-5-12(6-8-15)9-16(21)22-10-13-3-1-2-4-14(13)11-22;;/h1-8,16H,9-11,21H2;2*1H. The minimum atomic E-state index is -4.67. The van der Waals surface area contributed by atoms with Gasteiger partial charge in [0.1, 0.15) is 5.75 Å². The third kappa shape index (κ3) is 5.78. The molecular weight excluding hydrogens is 376 g/mol. The van der Waals surface area contributed by atoms with E-state index in [9.17, 15) is 13.2 Å². The molecule has 0 fully saturated rings. The maximum absolute atomic E-state index is 12.1. The van der Waals surface area contributed by atoms with Gasteiger partial charge in [0.15, 0.2) is 0 Å². The van der Waals surface area contributed by atoms with Crippen molar-refractivity contribution >= 4 is 24.8 Å². The van der Waals surface area contributed by atoms with Crippen molar-refractivity contribution in [2.24, 2.45) is 5.73 Å². The van der Waals surface area contributed by atoms with Gasteiger partial charge < -0.3 is 10.5 Å². The summed E-state index contributed by atoms with van der Waals surface area (Å²) in [4.78, 5) is 2.16. The first-order valence-electron chi connectivity index (χ1n) is 7.32. The van der Waals surface area contributed by atoms with Crippen LogP contribution in [0.2, 0.25) is 0 Å². The first kappa shape index (κ1) is 21.6. The Bertz CT molecular complexity index is 655. The molecule has 1 heterocycles. The monoisotopic (exact) mass is 394 g/mol. The second kappa shape index (κ2) is 8.76. The fourth-order valence-electron chi connectivity index (χ4n) is 2.79. The molecule has 8 heteroatoms. The highest BCUT2D eigenvalue weighted by Crippen LogP contribution is 2.25. The van der Waals surface area contributed by atoms with Crippen LogP contribution in [0.4, 0.5) is 13.2 Å². The van der Waals surface area contributed by atoms with Crippen LogP contribution in [0.15, 0.2) is 48.5 Å². The lowest BCUT2D eigenvalue weighted by Gasteiger charge is -2.23. The van der Waals surface area contributed by atoms with Crippen molar-refractivity contribution in [1.82, 2.24) is 4.90 Å². The minimum Gasteiger partial charge on any atom is -0.406 e. The summed E-state index contributed by atoms with van der Waals surface area (Å²) in [6, 6.07) is 14.0. The van der Waals surface area contributed by atoms with Crippen LogP contribution in [0.3, 0.4) is 0 Å². The van der Waals surface area contributed by atoms with Gasteiger partial charge in [0, 0.05) is 19.5 Å². The van der Waals surface area contributed by atoms with E-state index < -0.39 is 6.36 Å². The summed E-state index contributed by atoms with van der Waals surface area (Å²) in [7, 11) is 0. The lowest BCUT2D eigenvalue weighted by Crippen LogP contribution is -2.40. The lowest BCUT2D eigenvalue weighted by atomic mass is 10.1. The molecule has 0 bridgehead atoms. The van der Waals surface area contributed by atoms with E-state index in [4.69, 9.17) is 5.73 Å². The number of halogens is 5. The average Bonchev–Trinajstić information content (AvgIpc) is 2.92. The molecule has 1 aliphatic heterocycles. The molecule has 0 radical (unpaired) electrons. The van der Waals surface area contributed by atoms with Crippen molar-refractivity contribution in [3.05, 3.63) is 65.2 Å². The van der Waals surface area contributed by atoms with Gasteiger partial charge in [-0.15, -0.1) is 38.0 Å². The Morgan fingerprint density at radius 1 is 0.960 bits per heavy atom.